The average molecular weight is 268 g/mol. The van der Waals surface area contributed by atoms with E-state index in [4.69, 9.17) is 0 Å². The van der Waals surface area contributed by atoms with Crippen molar-refractivity contribution in [1.82, 2.24) is 0 Å². The molecular formula is C12H14BrNO. The minimum atomic E-state index is -0.314. The number of pyridine rings is 1. The highest BCUT2D eigenvalue weighted by molar-refractivity contribution is 5.74. The van der Waals surface area contributed by atoms with Crippen molar-refractivity contribution in [2.45, 2.75) is 19.6 Å². The van der Waals surface area contributed by atoms with Gasteiger partial charge in [0, 0.05) is 17.5 Å². The Bertz CT molecular complexity index is 437. The van der Waals surface area contributed by atoms with Crippen molar-refractivity contribution in [2.75, 3.05) is 0 Å². The van der Waals surface area contributed by atoms with Crippen LogP contribution in [0.3, 0.4) is 0 Å². The second kappa shape index (κ2) is 5.24. The van der Waals surface area contributed by atoms with Crippen LogP contribution in [0.2, 0.25) is 0 Å². The summed E-state index contributed by atoms with van der Waals surface area (Å²) in [6.07, 6.45) is 1.68. The number of aliphatic hydroxyl groups is 1. The summed E-state index contributed by atoms with van der Waals surface area (Å²) in [6, 6.07) is 12.3. The number of fused-ring (bicyclic) bond motifs is 1. The molecule has 0 amide bonds. The van der Waals surface area contributed by atoms with E-state index in [9.17, 15) is 5.11 Å². The topological polar surface area (TPSA) is 24.1 Å². The van der Waals surface area contributed by atoms with Gasteiger partial charge in [-0.3, -0.25) is 0 Å². The van der Waals surface area contributed by atoms with Gasteiger partial charge >= 0.3 is 0 Å². The van der Waals surface area contributed by atoms with Gasteiger partial charge in [0.25, 0.3) is 0 Å². The Kier molecular flexibility index (Phi) is 4.24. The number of aliphatic hydroxyl groups excluding tert-OH is 1. The van der Waals surface area contributed by atoms with Crippen molar-refractivity contribution >= 4 is 10.9 Å². The van der Waals surface area contributed by atoms with Crippen molar-refractivity contribution in [3.8, 4) is 0 Å². The molecule has 0 aliphatic carbocycles. The second-order valence-corrected chi connectivity index (χ2v) is 3.57. The van der Waals surface area contributed by atoms with E-state index in [0.29, 0.717) is 6.54 Å². The first-order valence-electron chi connectivity index (χ1n) is 4.82. The third-order valence-electron chi connectivity index (χ3n) is 2.25. The molecule has 1 unspecified atom stereocenters. The van der Waals surface area contributed by atoms with Crippen molar-refractivity contribution in [1.29, 1.82) is 0 Å². The van der Waals surface area contributed by atoms with Gasteiger partial charge < -0.3 is 22.1 Å². The van der Waals surface area contributed by atoms with Crippen LogP contribution in [0.4, 0.5) is 0 Å². The average Bonchev–Trinajstić information content (AvgIpc) is 2.18. The van der Waals surface area contributed by atoms with Crippen LogP contribution < -0.4 is 21.5 Å². The summed E-state index contributed by atoms with van der Waals surface area (Å²) in [5, 5.41) is 10.5. The number of hydrogen-bond donors (Lipinski definition) is 1. The Morgan fingerprint density at radius 2 is 1.87 bits per heavy atom. The lowest BCUT2D eigenvalue weighted by Crippen LogP contribution is -3.00. The molecule has 0 fully saturated rings. The maximum atomic E-state index is 9.34. The highest BCUT2D eigenvalue weighted by atomic mass is 79.9. The predicted molar refractivity (Wildman–Crippen MR) is 55.8 cm³/mol. The lowest BCUT2D eigenvalue weighted by Gasteiger charge is -2.02. The van der Waals surface area contributed by atoms with Gasteiger partial charge in [0.2, 0.25) is 5.52 Å². The summed E-state index contributed by atoms with van der Waals surface area (Å²) in [6.45, 7) is 2.44. The van der Waals surface area contributed by atoms with Gasteiger partial charge in [0.05, 0.1) is 0 Å². The second-order valence-electron chi connectivity index (χ2n) is 3.57. The highest BCUT2D eigenvalue weighted by Gasteiger charge is 2.09. The zero-order valence-corrected chi connectivity index (χ0v) is 10.2. The maximum absolute atomic E-state index is 9.34. The molecule has 1 atom stereocenters. The molecule has 0 aliphatic heterocycles. The zero-order chi connectivity index (χ0) is 9.97. The lowest BCUT2D eigenvalue weighted by molar-refractivity contribution is -0.678. The molecule has 3 heteroatoms. The SMILES string of the molecule is CC(O)C[n+]1cccc2ccccc21.[Br-]. The molecule has 2 rings (SSSR count). The molecule has 80 valence electrons. The highest BCUT2D eigenvalue weighted by Crippen LogP contribution is 2.07. The van der Waals surface area contributed by atoms with E-state index in [1.807, 2.05) is 24.4 Å². The van der Waals surface area contributed by atoms with Crippen LogP contribution in [0.25, 0.3) is 10.9 Å². The van der Waals surface area contributed by atoms with Crippen molar-refractivity contribution in [3.63, 3.8) is 0 Å². The fourth-order valence-corrected chi connectivity index (χ4v) is 1.66. The largest absolute Gasteiger partial charge is 1.00 e. The molecule has 0 saturated heterocycles. The summed E-state index contributed by atoms with van der Waals surface area (Å²) in [5.74, 6) is 0. The smallest absolute Gasteiger partial charge is 0.212 e. The minimum Gasteiger partial charge on any atom is -1.00 e. The van der Waals surface area contributed by atoms with Crippen LogP contribution >= 0.6 is 0 Å². The van der Waals surface area contributed by atoms with Crippen LogP contribution in [0.5, 0.6) is 0 Å². The van der Waals surface area contributed by atoms with Crippen LogP contribution in [0, 0.1) is 0 Å². The van der Waals surface area contributed by atoms with Gasteiger partial charge in [-0.1, -0.05) is 12.1 Å². The first-order chi connectivity index (χ1) is 6.77. The molecule has 2 aromatic rings. The van der Waals surface area contributed by atoms with Crippen LogP contribution in [0.1, 0.15) is 6.92 Å². The third-order valence-corrected chi connectivity index (χ3v) is 2.25. The van der Waals surface area contributed by atoms with E-state index in [0.717, 1.165) is 5.52 Å². The first-order valence-corrected chi connectivity index (χ1v) is 4.82. The molecule has 15 heavy (non-hydrogen) atoms. The summed E-state index contributed by atoms with van der Waals surface area (Å²) < 4.78 is 2.07. The number of para-hydroxylation sites is 1. The molecule has 0 radical (unpaired) electrons. The summed E-state index contributed by atoms with van der Waals surface area (Å²) in [5.41, 5.74) is 1.16. The molecule has 0 bridgehead atoms. The van der Waals surface area contributed by atoms with Gasteiger partial charge in [0.1, 0.15) is 6.10 Å². The molecule has 0 spiro atoms. The van der Waals surface area contributed by atoms with Gasteiger partial charge in [-0.2, -0.15) is 4.57 Å². The van der Waals surface area contributed by atoms with Crippen molar-refractivity contribution in [2.24, 2.45) is 0 Å². The number of hydrogen-bond acceptors (Lipinski definition) is 1. The number of halogens is 1. The Balaban J connectivity index is 0.00000112. The van der Waals surface area contributed by atoms with E-state index in [2.05, 4.69) is 22.8 Å². The Morgan fingerprint density at radius 1 is 1.20 bits per heavy atom. The van der Waals surface area contributed by atoms with E-state index in [-0.39, 0.29) is 23.1 Å². The van der Waals surface area contributed by atoms with Gasteiger partial charge in [-0.25, -0.2) is 0 Å². The Hall–Kier alpha value is -0.930. The zero-order valence-electron chi connectivity index (χ0n) is 8.60. The van der Waals surface area contributed by atoms with Crippen LogP contribution in [-0.2, 0) is 6.54 Å². The lowest BCUT2D eigenvalue weighted by atomic mass is 10.2. The van der Waals surface area contributed by atoms with Crippen molar-refractivity contribution < 1.29 is 26.7 Å². The number of aromatic nitrogens is 1. The van der Waals surface area contributed by atoms with Gasteiger partial charge in [-0.05, 0) is 19.1 Å². The Labute approximate surface area is 99.9 Å². The molecule has 1 aromatic carbocycles. The fraction of sp³-hybridized carbons (Fsp3) is 0.250. The van der Waals surface area contributed by atoms with Crippen LogP contribution in [-0.4, -0.2) is 11.2 Å². The number of nitrogens with zero attached hydrogens (tertiary/aromatic N) is 1. The standard InChI is InChI=1S/C12H14NO.BrH/c1-10(14)9-13-8-4-6-11-5-2-3-7-12(11)13;/h2-8,10,14H,9H2,1H3;1H/q+1;/p-1. The summed E-state index contributed by atoms with van der Waals surface area (Å²) >= 11 is 0. The van der Waals surface area contributed by atoms with E-state index < -0.39 is 0 Å². The minimum absolute atomic E-state index is 0. The number of benzene rings is 1. The van der Waals surface area contributed by atoms with Crippen molar-refractivity contribution in [3.05, 3.63) is 42.6 Å². The molecule has 1 aromatic heterocycles. The first kappa shape index (κ1) is 12.1. The quantitative estimate of drug-likeness (QED) is 0.659. The van der Waals surface area contributed by atoms with Crippen LogP contribution in [0.15, 0.2) is 42.6 Å². The fourth-order valence-electron chi connectivity index (χ4n) is 1.66. The number of rotatable bonds is 2. The van der Waals surface area contributed by atoms with Gasteiger partial charge in [0.15, 0.2) is 12.7 Å². The molecular weight excluding hydrogens is 254 g/mol. The van der Waals surface area contributed by atoms with Gasteiger partial charge in [-0.15, -0.1) is 0 Å². The molecule has 1 N–H and O–H groups in total. The third kappa shape index (κ3) is 2.76. The normalized spacial score (nSPS) is 12.1. The summed E-state index contributed by atoms with van der Waals surface area (Å²) in [4.78, 5) is 0. The van der Waals surface area contributed by atoms with E-state index in [1.165, 1.54) is 5.39 Å². The Morgan fingerprint density at radius 3 is 2.60 bits per heavy atom. The summed E-state index contributed by atoms with van der Waals surface area (Å²) in [7, 11) is 0. The monoisotopic (exact) mass is 267 g/mol. The van der Waals surface area contributed by atoms with E-state index in [1.54, 1.807) is 6.92 Å². The van der Waals surface area contributed by atoms with E-state index >= 15 is 0 Å². The predicted octanol–water partition coefficient (Wildman–Crippen LogP) is -1.49. The maximum Gasteiger partial charge on any atom is 0.212 e. The molecule has 0 saturated carbocycles. The molecule has 0 aliphatic rings. The molecule has 1 heterocycles. The molecule has 2 nitrogen and oxygen atoms in total.